The summed E-state index contributed by atoms with van der Waals surface area (Å²) in [5.74, 6) is 0. The van der Waals surface area contributed by atoms with Crippen LogP contribution in [0, 0.1) is 10.1 Å². The number of nitrogens with zero attached hydrogens (tertiary/aromatic N) is 1. The normalized spacial score (nSPS) is 18.0. The molecule has 1 aliphatic rings. The molecule has 0 unspecified atom stereocenters. The molecule has 0 aromatic carbocycles. The second-order valence-electron chi connectivity index (χ2n) is 1.87. The van der Waals surface area contributed by atoms with Crippen molar-refractivity contribution in [3.8, 4) is 0 Å². The van der Waals surface area contributed by atoms with Gasteiger partial charge < -0.3 is 21.1 Å². The van der Waals surface area contributed by atoms with Crippen LogP contribution in [0.3, 0.4) is 0 Å². The standard InChI is InChI=1S/C2H6O5Si.Al.NO3.H2O/c1-2-6-7-8(3,4)5;;2-1(3)4;/h3H,2H2,1H3;;;1H2/q-2;+3;-1;. The van der Waals surface area contributed by atoms with Crippen LogP contribution in [-0.2, 0) is 20.3 Å². The zero-order valence-electron chi connectivity index (χ0n) is 7.04. The molecule has 1 rings (SSSR count). The van der Waals surface area contributed by atoms with Crippen molar-refractivity contribution in [2.45, 2.75) is 6.92 Å². The summed E-state index contributed by atoms with van der Waals surface area (Å²) >= 11 is -2.82. The second kappa shape index (κ2) is 5.56. The minimum atomic E-state index is -3.74. The lowest BCUT2D eigenvalue weighted by Crippen LogP contribution is -2.65. The van der Waals surface area contributed by atoms with Gasteiger partial charge in [-0.1, -0.05) is 0 Å². The highest BCUT2D eigenvalue weighted by molar-refractivity contribution is 6.74. The maximum absolute atomic E-state index is 9.75. The molecule has 0 saturated carbocycles. The van der Waals surface area contributed by atoms with Crippen LogP contribution in [0.1, 0.15) is 6.92 Å². The van der Waals surface area contributed by atoms with Crippen LogP contribution in [0.25, 0.3) is 0 Å². The van der Waals surface area contributed by atoms with Crippen molar-refractivity contribution >= 4 is 24.2 Å². The third-order valence-corrected chi connectivity index (χ3v) is 5.54. The van der Waals surface area contributed by atoms with Gasteiger partial charge in [0, 0.05) is 0 Å². The maximum atomic E-state index is 9.75. The van der Waals surface area contributed by atoms with E-state index in [0.29, 0.717) is 0 Å². The van der Waals surface area contributed by atoms with Gasteiger partial charge in [0.05, 0.1) is 6.61 Å². The van der Waals surface area contributed by atoms with Crippen LogP contribution in [-0.4, -0.2) is 46.2 Å². The average molecular weight is 245 g/mol. The van der Waals surface area contributed by atoms with Crippen LogP contribution < -0.4 is 0 Å². The van der Waals surface area contributed by atoms with Gasteiger partial charge in [0.2, 0.25) is 0 Å². The van der Waals surface area contributed by atoms with Gasteiger partial charge in [-0.05, 0) is 6.92 Å². The van der Waals surface area contributed by atoms with Crippen LogP contribution >= 0.6 is 0 Å². The molecular formula is C2H8AlNO9Si. The molecule has 0 aliphatic carbocycles. The van der Waals surface area contributed by atoms with Crippen LogP contribution in [0.2, 0.25) is 0 Å². The fourth-order valence-electron chi connectivity index (χ4n) is 0.538. The molecular weight excluding hydrogens is 237 g/mol. The smallest absolute Gasteiger partial charge is 0.438 e. The second-order valence-corrected chi connectivity index (χ2v) is 5.76. The Kier molecular flexibility index (Phi) is 5.44. The first-order valence-corrected chi connectivity index (χ1v) is 6.34. The molecule has 0 amide bonds. The molecule has 0 bridgehead atoms. The summed E-state index contributed by atoms with van der Waals surface area (Å²) in [4.78, 5) is 23.2. The Morgan fingerprint density at radius 3 is 2.64 bits per heavy atom. The molecule has 12 heteroatoms. The highest BCUT2D eigenvalue weighted by Gasteiger charge is 2.65. The molecule has 0 radical (unpaired) electrons. The molecule has 82 valence electrons. The average Bonchev–Trinajstić information content (AvgIpc) is 1.97. The van der Waals surface area contributed by atoms with Crippen LogP contribution in [0.5, 0.6) is 0 Å². The molecule has 1 saturated heterocycles. The van der Waals surface area contributed by atoms with E-state index in [1.807, 2.05) is 0 Å². The molecule has 0 aromatic heterocycles. The lowest BCUT2D eigenvalue weighted by Gasteiger charge is -2.33. The topological polar surface area (TPSA) is 141 Å². The largest absolute Gasteiger partial charge is 0.909 e. The highest BCUT2D eigenvalue weighted by Crippen LogP contribution is 2.20. The predicted molar refractivity (Wildman–Crippen MR) is 40.3 cm³/mol. The van der Waals surface area contributed by atoms with E-state index in [2.05, 4.69) is 20.3 Å². The molecule has 1 heterocycles. The summed E-state index contributed by atoms with van der Waals surface area (Å²) in [7, 11) is -3.74. The van der Waals surface area contributed by atoms with Crippen molar-refractivity contribution in [2.24, 2.45) is 0 Å². The number of rotatable bonds is 5. The number of hydrogen-bond donors (Lipinski definition) is 1. The molecule has 1 fully saturated rings. The Bertz CT molecular complexity index is 195. The SMILES string of the molecule is CCOO[Si]1(O)[O][Al]([O][N+](=O)[O-])[O]1.O. The van der Waals surface area contributed by atoms with Crippen LogP contribution in [0.15, 0.2) is 0 Å². The summed E-state index contributed by atoms with van der Waals surface area (Å²) in [5, 5.41) is 8.70. The third-order valence-electron chi connectivity index (χ3n) is 0.945. The quantitative estimate of drug-likeness (QED) is 0.249. The van der Waals surface area contributed by atoms with Gasteiger partial charge in [0.15, 0.2) is 0 Å². The van der Waals surface area contributed by atoms with Crippen LogP contribution in [0.4, 0.5) is 0 Å². The van der Waals surface area contributed by atoms with Gasteiger partial charge in [-0.2, -0.15) is 4.58 Å². The predicted octanol–water partition coefficient (Wildman–Crippen LogP) is -2.20. The van der Waals surface area contributed by atoms with E-state index in [1.165, 1.54) is 0 Å². The minimum absolute atomic E-state index is 0. The first-order valence-electron chi connectivity index (χ1n) is 3.25. The summed E-state index contributed by atoms with van der Waals surface area (Å²) in [5.41, 5.74) is 0. The first kappa shape index (κ1) is 13.7. The minimum Gasteiger partial charge on any atom is -0.438 e. The fourth-order valence-corrected chi connectivity index (χ4v) is 3.62. The van der Waals surface area contributed by atoms with Crippen molar-refractivity contribution in [1.82, 2.24) is 0 Å². The van der Waals surface area contributed by atoms with E-state index in [4.69, 9.17) is 4.80 Å². The molecule has 3 N–H and O–H groups in total. The summed E-state index contributed by atoms with van der Waals surface area (Å²) in [6.07, 6.45) is 0. The van der Waals surface area contributed by atoms with Gasteiger partial charge in [-0.3, -0.25) is 0 Å². The zero-order chi connectivity index (χ0) is 9.90. The Hall–Kier alpha value is -0.291. The lowest BCUT2D eigenvalue weighted by atomic mass is 10.9. The molecule has 0 atom stereocenters. The molecule has 10 nitrogen and oxygen atoms in total. The Morgan fingerprint density at radius 2 is 2.21 bits per heavy atom. The van der Waals surface area contributed by atoms with Crippen molar-refractivity contribution in [1.29, 1.82) is 0 Å². The Morgan fingerprint density at radius 1 is 1.64 bits per heavy atom. The third kappa shape index (κ3) is 3.84. The zero-order valence-corrected chi connectivity index (χ0v) is 9.19. The Labute approximate surface area is 84.1 Å². The summed E-state index contributed by atoms with van der Waals surface area (Å²) < 4.78 is 17.3. The molecule has 14 heavy (non-hydrogen) atoms. The van der Waals surface area contributed by atoms with E-state index in [0.717, 1.165) is 0 Å². The molecule has 0 aromatic rings. The van der Waals surface area contributed by atoms with E-state index >= 15 is 0 Å². The van der Waals surface area contributed by atoms with E-state index < -0.39 is 29.3 Å². The lowest BCUT2D eigenvalue weighted by molar-refractivity contribution is -0.725. The first-order chi connectivity index (χ1) is 6.06. The Balaban J connectivity index is 0.00000169. The van der Waals surface area contributed by atoms with Crippen molar-refractivity contribution in [3.05, 3.63) is 10.1 Å². The van der Waals surface area contributed by atoms with Gasteiger partial charge in [-0.25, -0.2) is 4.89 Å². The highest BCUT2D eigenvalue weighted by atomic mass is 28.4. The van der Waals surface area contributed by atoms with Gasteiger partial charge in [-0.15, -0.1) is 10.1 Å². The molecule has 0 spiro atoms. The summed E-state index contributed by atoms with van der Waals surface area (Å²) in [6, 6.07) is 0. The monoisotopic (exact) mass is 245 g/mol. The van der Waals surface area contributed by atoms with E-state index in [9.17, 15) is 10.1 Å². The maximum Gasteiger partial charge on any atom is 0.909 e. The van der Waals surface area contributed by atoms with E-state index in [1.54, 1.807) is 6.92 Å². The van der Waals surface area contributed by atoms with E-state index in [-0.39, 0.29) is 12.1 Å². The van der Waals surface area contributed by atoms with Crippen molar-refractivity contribution < 1.29 is 35.7 Å². The van der Waals surface area contributed by atoms with Gasteiger partial charge >= 0.3 is 24.2 Å². The fraction of sp³-hybridized carbons (Fsp3) is 1.00. The van der Waals surface area contributed by atoms with Gasteiger partial charge in [0.25, 0.3) is 5.09 Å². The van der Waals surface area contributed by atoms with Gasteiger partial charge in [0.1, 0.15) is 0 Å². The van der Waals surface area contributed by atoms with Crippen molar-refractivity contribution in [2.75, 3.05) is 6.61 Å². The molecule has 1 aliphatic heterocycles. The van der Waals surface area contributed by atoms with Crippen molar-refractivity contribution in [3.63, 3.8) is 0 Å². The summed E-state index contributed by atoms with van der Waals surface area (Å²) in [6.45, 7) is 1.82. The number of hydrogen-bond acceptors (Lipinski definition) is 8.